The second kappa shape index (κ2) is 7.75. The van der Waals surface area contributed by atoms with Crippen molar-refractivity contribution in [3.8, 4) is 0 Å². The van der Waals surface area contributed by atoms with Crippen LogP contribution >= 0.6 is 11.3 Å². The summed E-state index contributed by atoms with van der Waals surface area (Å²) in [5.41, 5.74) is 1.92. The molecule has 1 saturated carbocycles. The SMILES string of the molecule is O=C(c1ccccc1)N1CCc2c(sc3ncn(CC4CCCCC4)c(=O)c23)C1. The van der Waals surface area contributed by atoms with Gasteiger partial charge in [0.2, 0.25) is 0 Å². The van der Waals surface area contributed by atoms with Crippen molar-refractivity contribution >= 4 is 27.5 Å². The van der Waals surface area contributed by atoms with Crippen LogP contribution in [0.4, 0.5) is 0 Å². The van der Waals surface area contributed by atoms with Gasteiger partial charge in [-0.3, -0.25) is 14.2 Å². The van der Waals surface area contributed by atoms with Gasteiger partial charge in [-0.2, -0.15) is 0 Å². The van der Waals surface area contributed by atoms with Crippen molar-refractivity contribution in [1.29, 1.82) is 0 Å². The summed E-state index contributed by atoms with van der Waals surface area (Å²) >= 11 is 1.57. The number of rotatable bonds is 3. The molecule has 1 fully saturated rings. The fourth-order valence-corrected chi connectivity index (χ4v) is 5.93. The van der Waals surface area contributed by atoms with Crippen LogP contribution in [0.25, 0.3) is 10.2 Å². The van der Waals surface area contributed by atoms with Gasteiger partial charge in [-0.05, 0) is 42.9 Å². The van der Waals surface area contributed by atoms with Gasteiger partial charge in [-0.25, -0.2) is 4.98 Å². The molecule has 29 heavy (non-hydrogen) atoms. The number of hydrogen-bond acceptors (Lipinski definition) is 4. The molecule has 3 heterocycles. The zero-order valence-corrected chi connectivity index (χ0v) is 17.3. The minimum absolute atomic E-state index is 0.0522. The van der Waals surface area contributed by atoms with E-state index in [4.69, 9.17) is 0 Å². The summed E-state index contributed by atoms with van der Waals surface area (Å²) < 4.78 is 1.83. The van der Waals surface area contributed by atoms with E-state index in [9.17, 15) is 9.59 Å². The van der Waals surface area contributed by atoms with Crippen LogP contribution in [0.5, 0.6) is 0 Å². The standard InChI is InChI=1S/C23H25N3O2S/c27-22(17-9-5-2-6-10-17)25-12-11-18-19(14-25)29-21-20(18)23(28)26(15-24-21)13-16-7-3-1-4-8-16/h2,5-6,9-10,15-16H,1,3-4,7-8,11-14H2. The second-order valence-electron chi connectivity index (χ2n) is 8.23. The molecule has 0 radical (unpaired) electrons. The maximum absolute atomic E-state index is 13.2. The summed E-state index contributed by atoms with van der Waals surface area (Å²) in [4.78, 5) is 34.5. The minimum atomic E-state index is 0.0522. The molecule has 3 aromatic rings. The van der Waals surface area contributed by atoms with Crippen molar-refractivity contribution in [3.05, 3.63) is 63.0 Å². The average Bonchev–Trinajstić information content (AvgIpc) is 3.15. The Morgan fingerprint density at radius 3 is 2.72 bits per heavy atom. The summed E-state index contributed by atoms with van der Waals surface area (Å²) in [5.74, 6) is 0.644. The molecule has 0 unspecified atom stereocenters. The zero-order valence-electron chi connectivity index (χ0n) is 16.5. The Hall–Kier alpha value is -2.47. The normalized spacial score (nSPS) is 17.4. The van der Waals surface area contributed by atoms with E-state index in [1.165, 1.54) is 32.1 Å². The van der Waals surface area contributed by atoms with Crippen molar-refractivity contribution < 1.29 is 4.79 Å². The van der Waals surface area contributed by atoms with E-state index >= 15 is 0 Å². The molecule has 0 atom stereocenters. The number of amides is 1. The molecule has 1 aliphatic carbocycles. The highest BCUT2D eigenvalue weighted by atomic mass is 32.1. The van der Waals surface area contributed by atoms with Gasteiger partial charge in [-0.15, -0.1) is 11.3 Å². The highest BCUT2D eigenvalue weighted by Crippen LogP contribution is 2.33. The first-order valence-corrected chi connectivity index (χ1v) is 11.4. The number of benzene rings is 1. The van der Waals surface area contributed by atoms with Gasteiger partial charge in [0.05, 0.1) is 18.3 Å². The molecular formula is C23H25N3O2S. The largest absolute Gasteiger partial charge is 0.333 e. The minimum Gasteiger partial charge on any atom is -0.333 e. The Labute approximate surface area is 174 Å². The molecule has 1 amide bonds. The Morgan fingerprint density at radius 2 is 1.93 bits per heavy atom. The van der Waals surface area contributed by atoms with E-state index in [1.54, 1.807) is 17.7 Å². The second-order valence-corrected chi connectivity index (χ2v) is 9.32. The molecule has 1 aliphatic heterocycles. The van der Waals surface area contributed by atoms with Gasteiger partial charge in [0.15, 0.2) is 0 Å². The van der Waals surface area contributed by atoms with Crippen LogP contribution in [0.1, 0.15) is 52.9 Å². The predicted octanol–water partition coefficient (Wildman–Crippen LogP) is 4.24. The topological polar surface area (TPSA) is 55.2 Å². The van der Waals surface area contributed by atoms with Gasteiger partial charge < -0.3 is 4.90 Å². The van der Waals surface area contributed by atoms with Crippen LogP contribution in [0.3, 0.4) is 0 Å². The Morgan fingerprint density at radius 1 is 1.14 bits per heavy atom. The van der Waals surface area contributed by atoms with E-state index in [0.717, 1.165) is 33.6 Å². The zero-order chi connectivity index (χ0) is 19.8. The van der Waals surface area contributed by atoms with E-state index in [-0.39, 0.29) is 11.5 Å². The monoisotopic (exact) mass is 407 g/mol. The lowest BCUT2D eigenvalue weighted by Gasteiger charge is -2.27. The van der Waals surface area contributed by atoms with Gasteiger partial charge in [0, 0.05) is 23.5 Å². The average molecular weight is 408 g/mol. The molecule has 0 saturated heterocycles. The molecule has 0 bridgehead atoms. The Kier molecular flexibility index (Phi) is 4.96. The predicted molar refractivity (Wildman–Crippen MR) is 115 cm³/mol. The summed E-state index contributed by atoms with van der Waals surface area (Å²) in [7, 11) is 0. The third-order valence-electron chi connectivity index (χ3n) is 6.31. The van der Waals surface area contributed by atoms with E-state index in [0.29, 0.717) is 24.6 Å². The van der Waals surface area contributed by atoms with E-state index in [2.05, 4.69) is 4.98 Å². The Balaban J connectivity index is 1.43. The molecule has 0 N–H and O–H groups in total. The number of fused-ring (bicyclic) bond motifs is 3. The highest BCUT2D eigenvalue weighted by Gasteiger charge is 2.27. The van der Waals surface area contributed by atoms with Gasteiger partial charge in [0.1, 0.15) is 4.83 Å². The van der Waals surface area contributed by atoms with Crippen LogP contribution in [-0.2, 0) is 19.5 Å². The first kappa shape index (κ1) is 18.6. The number of aromatic nitrogens is 2. The first-order chi connectivity index (χ1) is 14.2. The smallest absolute Gasteiger partial charge is 0.262 e. The lowest BCUT2D eigenvalue weighted by molar-refractivity contribution is 0.0737. The van der Waals surface area contributed by atoms with Crippen molar-refractivity contribution in [1.82, 2.24) is 14.5 Å². The Bertz CT molecular complexity index is 1100. The van der Waals surface area contributed by atoms with Crippen LogP contribution in [0, 0.1) is 5.92 Å². The molecule has 2 aliphatic rings. The van der Waals surface area contributed by atoms with Crippen molar-refractivity contribution in [2.45, 2.75) is 51.6 Å². The summed E-state index contributed by atoms with van der Waals surface area (Å²) in [6.45, 7) is 1.99. The van der Waals surface area contributed by atoms with Crippen molar-refractivity contribution in [3.63, 3.8) is 0 Å². The highest BCUT2D eigenvalue weighted by molar-refractivity contribution is 7.18. The molecule has 5 rings (SSSR count). The van der Waals surface area contributed by atoms with Crippen molar-refractivity contribution in [2.75, 3.05) is 6.54 Å². The number of carbonyl (C=O) groups excluding carboxylic acids is 1. The lowest BCUT2D eigenvalue weighted by atomic mass is 9.89. The fourth-order valence-electron chi connectivity index (χ4n) is 4.73. The number of thiophene rings is 1. The molecule has 0 spiro atoms. The van der Waals surface area contributed by atoms with Crippen molar-refractivity contribution in [2.24, 2.45) is 5.92 Å². The number of carbonyl (C=O) groups is 1. The molecule has 2 aromatic heterocycles. The number of hydrogen-bond donors (Lipinski definition) is 0. The molecule has 6 heteroatoms. The van der Waals surface area contributed by atoms with Crippen LogP contribution in [-0.4, -0.2) is 26.9 Å². The van der Waals surface area contributed by atoms with Crippen LogP contribution < -0.4 is 5.56 Å². The molecule has 150 valence electrons. The van der Waals surface area contributed by atoms with Gasteiger partial charge in [-0.1, -0.05) is 37.5 Å². The van der Waals surface area contributed by atoms with Gasteiger partial charge in [0.25, 0.3) is 11.5 Å². The molecular weight excluding hydrogens is 382 g/mol. The number of nitrogens with zero attached hydrogens (tertiary/aromatic N) is 3. The third kappa shape index (κ3) is 3.50. The molecule has 1 aromatic carbocycles. The van der Waals surface area contributed by atoms with Crippen LogP contribution in [0.2, 0.25) is 0 Å². The summed E-state index contributed by atoms with van der Waals surface area (Å²) in [6.07, 6.45) is 8.74. The third-order valence-corrected chi connectivity index (χ3v) is 7.44. The summed E-state index contributed by atoms with van der Waals surface area (Å²) in [5, 5.41) is 0.787. The molecule has 5 nitrogen and oxygen atoms in total. The first-order valence-electron chi connectivity index (χ1n) is 10.5. The van der Waals surface area contributed by atoms with E-state index < -0.39 is 0 Å². The quantitative estimate of drug-likeness (QED) is 0.653. The van der Waals surface area contributed by atoms with Crippen LogP contribution in [0.15, 0.2) is 41.5 Å². The fraction of sp³-hybridized carbons (Fsp3) is 0.435. The summed E-state index contributed by atoms with van der Waals surface area (Å²) in [6, 6.07) is 9.41. The van der Waals surface area contributed by atoms with Gasteiger partial charge >= 0.3 is 0 Å². The van der Waals surface area contributed by atoms with E-state index in [1.807, 2.05) is 39.8 Å². The maximum atomic E-state index is 13.2. The lowest BCUT2D eigenvalue weighted by Crippen LogP contribution is -2.35. The maximum Gasteiger partial charge on any atom is 0.262 e.